The van der Waals surface area contributed by atoms with Crippen LogP contribution < -0.4 is 14.8 Å². The molecule has 0 radical (unpaired) electrons. The van der Waals surface area contributed by atoms with Gasteiger partial charge in [-0.15, -0.1) is 0 Å². The maximum absolute atomic E-state index is 12.8. The van der Waals surface area contributed by atoms with Gasteiger partial charge in [0.25, 0.3) is 0 Å². The molecule has 0 fully saturated rings. The molecule has 1 aromatic heterocycles. The second kappa shape index (κ2) is 9.80. The molecule has 0 saturated carbocycles. The summed E-state index contributed by atoms with van der Waals surface area (Å²) in [6.45, 7) is 4.58. The highest BCUT2D eigenvalue weighted by Gasteiger charge is 2.23. The molecule has 0 aliphatic rings. The Kier molecular flexibility index (Phi) is 7.13. The number of para-hydroxylation sites is 1. The zero-order valence-electron chi connectivity index (χ0n) is 18.0. The molecule has 3 rings (SSSR count). The molecule has 0 unspecified atom stereocenters. The van der Waals surface area contributed by atoms with Crippen LogP contribution in [0.5, 0.6) is 11.5 Å². The Balaban J connectivity index is 1.83. The summed E-state index contributed by atoms with van der Waals surface area (Å²) >= 11 is 0. The third-order valence-electron chi connectivity index (χ3n) is 4.76. The van der Waals surface area contributed by atoms with Crippen molar-refractivity contribution in [3.8, 4) is 22.9 Å². The number of methoxy groups -OCH3 is 2. The second-order valence-electron chi connectivity index (χ2n) is 6.52. The van der Waals surface area contributed by atoms with Crippen LogP contribution in [0.15, 0.2) is 51.9 Å². The summed E-state index contributed by atoms with van der Waals surface area (Å²) in [5, 5.41) is 7.14. The Hall–Kier alpha value is -3.11. The van der Waals surface area contributed by atoms with Crippen LogP contribution in [-0.4, -0.2) is 50.2 Å². The smallest absolute Gasteiger partial charge is 0.246 e. The zero-order valence-corrected chi connectivity index (χ0v) is 18.8. The van der Waals surface area contributed by atoms with Gasteiger partial charge < -0.3 is 19.3 Å². The number of sulfonamides is 1. The van der Waals surface area contributed by atoms with E-state index in [0.29, 0.717) is 47.6 Å². The topological polar surface area (TPSA) is 107 Å². The first-order chi connectivity index (χ1) is 14.9. The van der Waals surface area contributed by atoms with Crippen LogP contribution >= 0.6 is 0 Å². The number of ether oxygens (including phenoxy) is 2. The van der Waals surface area contributed by atoms with E-state index in [-0.39, 0.29) is 11.4 Å². The van der Waals surface area contributed by atoms with E-state index in [2.05, 4.69) is 15.5 Å². The lowest BCUT2D eigenvalue weighted by molar-refractivity contribution is 0.382. The van der Waals surface area contributed by atoms with Crippen LogP contribution in [0, 0.1) is 0 Å². The summed E-state index contributed by atoms with van der Waals surface area (Å²) in [7, 11) is -0.503. The lowest BCUT2D eigenvalue weighted by Gasteiger charge is -2.19. The molecule has 0 aliphatic heterocycles. The number of benzene rings is 2. The van der Waals surface area contributed by atoms with E-state index in [1.54, 1.807) is 33.1 Å². The highest BCUT2D eigenvalue weighted by molar-refractivity contribution is 7.89. The fourth-order valence-electron chi connectivity index (χ4n) is 3.13. The molecule has 0 spiro atoms. The first-order valence-electron chi connectivity index (χ1n) is 9.82. The first kappa shape index (κ1) is 22.6. The number of hydrogen-bond donors (Lipinski definition) is 1. The number of nitrogens with zero attached hydrogens (tertiary/aromatic N) is 3. The molecular weight excluding hydrogens is 420 g/mol. The largest absolute Gasteiger partial charge is 0.496 e. The van der Waals surface area contributed by atoms with E-state index in [1.165, 1.54) is 17.5 Å². The molecule has 166 valence electrons. The number of hydrogen-bond acceptors (Lipinski definition) is 8. The van der Waals surface area contributed by atoms with E-state index in [4.69, 9.17) is 14.0 Å². The van der Waals surface area contributed by atoms with Gasteiger partial charge in [-0.25, -0.2) is 8.42 Å². The normalized spacial score (nSPS) is 11.5. The molecule has 0 atom stereocenters. The zero-order chi connectivity index (χ0) is 22.4. The van der Waals surface area contributed by atoms with Gasteiger partial charge in [0.05, 0.1) is 36.9 Å². The van der Waals surface area contributed by atoms with Crippen molar-refractivity contribution in [1.82, 2.24) is 14.4 Å². The van der Waals surface area contributed by atoms with Crippen molar-refractivity contribution in [2.75, 3.05) is 32.6 Å². The van der Waals surface area contributed by atoms with Gasteiger partial charge in [0.15, 0.2) is 0 Å². The number of nitrogens with one attached hydrogen (secondary N) is 1. The predicted octanol–water partition coefficient (Wildman–Crippen LogP) is 3.40. The maximum atomic E-state index is 12.8. The molecule has 0 aliphatic carbocycles. The van der Waals surface area contributed by atoms with E-state index in [1.807, 2.05) is 24.3 Å². The van der Waals surface area contributed by atoms with Gasteiger partial charge in [0.2, 0.25) is 21.7 Å². The molecule has 0 saturated heterocycles. The first-order valence-corrected chi connectivity index (χ1v) is 11.3. The minimum Gasteiger partial charge on any atom is -0.496 e. The van der Waals surface area contributed by atoms with Crippen molar-refractivity contribution in [3.05, 3.63) is 48.4 Å². The van der Waals surface area contributed by atoms with Gasteiger partial charge in [0.1, 0.15) is 11.5 Å². The summed E-state index contributed by atoms with van der Waals surface area (Å²) in [5.74, 6) is 1.88. The quantitative estimate of drug-likeness (QED) is 0.505. The van der Waals surface area contributed by atoms with Crippen LogP contribution in [0.2, 0.25) is 0 Å². The van der Waals surface area contributed by atoms with Gasteiger partial charge in [0, 0.05) is 13.1 Å². The number of rotatable bonds is 10. The van der Waals surface area contributed by atoms with Gasteiger partial charge in [-0.2, -0.15) is 9.29 Å². The molecule has 10 heteroatoms. The fourth-order valence-corrected chi connectivity index (χ4v) is 4.62. The van der Waals surface area contributed by atoms with Crippen LogP contribution in [-0.2, 0) is 16.6 Å². The summed E-state index contributed by atoms with van der Waals surface area (Å²) in [6.07, 6.45) is 0. The monoisotopic (exact) mass is 446 g/mol. The maximum Gasteiger partial charge on any atom is 0.246 e. The Morgan fingerprint density at radius 3 is 2.42 bits per heavy atom. The summed E-state index contributed by atoms with van der Waals surface area (Å²) in [6, 6.07) is 12.1. The molecule has 1 N–H and O–H groups in total. The van der Waals surface area contributed by atoms with Crippen molar-refractivity contribution in [1.29, 1.82) is 0 Å². The second-order valence-corrected chi connectivity index (χ2v) is 8.45. The van der Waals surface area contributed by atoms with Gasteiger partial charge in [-0.1, -0.05) is 31.1 Å². The van der Waals surface area contributed by atoms with Crippen LogP contribution in [0.1, 0.15) is 19.7 Å². The van der Waals surface area contributed by atoms with Crippen molar-refractivity contribution in [3.63, 3.8) is 0 Å². The Labute approximate surface area is 182 Å². The van der Waals surface area contributed by atoms with Gasteiger partial charge in [-0.3, -0.25) is 0 Å². The van der Waals surface area contributed by atoms with Crippen molar-refractivity contribution >= 4 is 15.7 Å². The van der Waals surface area contributed by atoms with Crippen molar-refractivity contribution < 1.29 is 22.4 Å². The molecule has 0 amide bonds. The number of aromatic nitrogens is 2. The van der Waals surface area contributed by atoms with Crippen molar-refractivity contribution in [2.45, 2.75) is 25.3 Å². The predicted molar refractivity (Wildman–Crippen MR) is 117 cm³/mol. The third-order valence-corrected chi connectivity index (χ3v) is 6.81. The average Bonchev–Trinajstić information content (AvgIpc) is 3.27. The molecular formula is C21H26N4O5S. The summed E-state index contributed by atoms with van der Waals surface area (Å²) < 4.78 is 43.1. The number of anilines is 1. The van der Waals surface area contributed by atoms with Gasteiger partial charge >= 0.3 is 0 Å². The van der Waals surface area contributed by atoms with E-state index in [9.17, 15) is 8.42 Å². The van der Waals surface area contributed by atoms with Crippen LogP contribution in [0.4, 0.5) is 5.69 Å². The minimum atomic E-state index is -3.60. The van der Waals surface area contributed by atoms with E-state index in [0.717, 1.165) is 0 Å². The Bertz CT molecular complexity index is 1130. The Morgan fingerprint density at radius 2 is 1.74 bits per heavy atom. The van der Waals surface area contributed by atoms with Crippen LogP contribution in [0.3, 0.4) is 0 Å². The Morgan fingerprint density at radius 1 is 1.03 bits per heavy atom. The standard InChI is InChI=1S/C21H26N4O5S/c1-5-25(6-2)31(26,27)15-11-12-19(29-4)17(13-15)22-14-20-23-21(24-30-20)16-9-7-8-10-18(16)28-3/h7-13,22H,5-6,14H2,1-4H3. The molecule has 2 aromatic carbocycles. The average molecular weight is 447 g/mol. The molecule has 3 aromatic rings. The minimum absolute atomic E-state index is 0.180. The van der Waals surface area contributed by atoms with Crippen LogP contribution in [0.25, 0.3) is 11.4 Å². The lowest BCUT2D eigenvalue weighted by atomic mass is 10.2. The van der Waals surface area contributed by atoms with E-state index < -0.39 is 10.0 Å². The van der Waals surface area contributed by atoms with E-state index >= 15 is 0 Å². The summed E-state index contributed by atoms with van der Waals surface area (Å²) in [4.78, 5) is 4.58. The summed E-state index contributed by atoms with van der Waals surface area (Å²) in [5.41, 5.74) is 1.22. The third kappa shape index (κ3) is 4.80. The molecule has 9 nitrogen and oxygen atoms in total. The van der Waals surface area contributed by atoms with Gasteiger partial charge in [-0.05, 0) is 30.3 Å². The molecule has 31 heavy (non-hydrogen) atoms. The molecule has 0 bridgehead atoms. The highest BCUT2D eigenvalue weighted by Crippen LogP contribution is 2.30. The van der Waals surface area contributed by atoms with Crippen molar-refractivity contribution in [2.24, 2.45) is 0 Å². The SMILES string of the molecule is CCN(CC)S(=O)(=O)c1ccc(OC)c(NCc2nc(-c3ccccc3OC)no2)c1. The lowest BCUT2D eigenvalue weighted by Crippen LogP contribution is -2.30. The fraction of sp³-hybridized carbons (Fsp3) is 0.333. The highest BCUT2D eigenvalue weighted by atomic mass is 32.2. The molecule has 1 heterocycles.